The van der Waals surface area contributed by atoms with Crippen LogP contribution in [-0.4, -0.2) is 30.8 Å². The van der Waals surface area contributed by atoms with Gasteiger partial charge < -0.3 is 25.8 Å². The van der Waals surface area contributed by atoms with Gasteiger partial charge in [0, 0.05) is 42.4 Å². The number of aromatic hydroxyl groups is 1. The smallest absolute Gasteiger partial charge is 0.251 e. The van der Waals surface area contributed by atoms with E-state index in [1.165, 1.54) is 0 Å². The third-order valence-corrected chi connectivity index (χ3v) is 4.73. The molecule has 1 fully saturated rings. The van der Waals surface area contributed by atoms with E-state index >= 15 is 0 Å². The molecule has 2 aliphatic rings. The summed E-state index contributed by atoms with van der Waals surface area (Å²) in [5, 5.41) is 19.6. The summed E-state index contributed by atoms with van der Waals surface area (Å²) in [4.78, 5) is 12.4. The molecule has 2 heterocycles. The largest absolute Gasteiger partial charge is 0.508 e. The van der Waals surface area contributed by atoms with Gasteiger partial charge in [-0.05, 0) is 36.8 Å². The molecule has 2 aromatic rings. The minimum absolute atomic E-state index is 0.0862. The van der Waals surface area contributed by atoms with Gasteiger partial charge in [0.25, 0.3) is 5.91 Å². The van der Waals surface area contributed by atoms with Crippen LogP contribution in [-0.2, 0) is 11.3 Å². The van der Waals surface area contributed by atoms with Crippen LogP contribution in [0.25, 0.3) is 0 Å². The van der Waals surface area contributed by atoms with Crippen molar-refractivity contribution in [2.45, 2.75) is 13.0 Å². The van der Waals surface area contributed by atoms with Crippen LogP contribution in [0, 0.1) is 5.92 Å². The van der Waals surface area contributed by atoms with Crippen molar-refractivity contribution in [1.82, 2.24) is 5.32 Å². The van der Waals surface area contributed by atoms with Gasteiger partial charge in [-0.2, -0.15) is 0 Å². The number of hydrogen-bond acceptors (Lipinski definition) is 5. The van der Waals surface area contributed by atoms with Crippen LogP contribution in [0.3, 0.4) is 0 Å². The second-order valence-corrected chi connectivity index (χ2v) is 6.48. The molecule has 0 aromatic heterocycles. The zero-order chi connectivity index (χ0) is 17.2. The highest BCUT2D eigenvalue weighted by atomic mass is 16.5. The maximum Gasteiger partial charge on any atom is 0.251 e. The van der Waals surface area contributed by atoms with Gasteiger partial charge in [-0.1, -0.05) is 6.07 Å². The van der Waals surface area contributed by atoms with Crippen molar-refractivity contribution in [3.05, 3.63) is 47.5 Å². The number of rotatable bonds is 3. The summed E-state index contributed by atoms with van der Waals surface area (Å²) in [6.45, 7) is 2.66. The molecule has 130 valence electrons. The van der Waals surface area contributed by atoms with Crippen LogP contribution in [0.4, 0.5) is 17.1 Å². The van der Waals surface area contributed by atoms with Crippen molar-refractivity contribution in [2.75, 3.05) is 30.4 Å². The molecule has 2 aromatic carbocycles. The minimum Gasteiger partial charge on any atom is -0.508 e. The summed E-state index contributed by atoms with van der Waals surface area (Å²) < 4.78 is 5.34. The Bertz CT molecular complexity index is 800. The number of phenols is 1. The third-order valence-electron chi connectivity index (χ3n) is 4.73. The molecule has 4 N–H and O–H groups in total. The van der Waals surface area contributed by atoms with E-state index in [4.69, 9.17) is 4.74 Å². The maximum absolute atomic E-state index is 12.4. The van der Waals surface area contributed by atoms with E-state index < -0.39 is 0 Å². The first-order chi connectivity index (χ1) is 12.2. The van der Waals surface area contributed by atoms with Crippen LogP contribution in [0.2, 0.25) is 0 Å². The first-order valence-electron chi connectivity index (χ1n) is 8.52. The van der Waals surface area contributed by atoms with Crippen LogP contribution >= 0.6 is 0 Å². The van der Waals surface area contributed by atoms with Crippen molar-refractivity contribution < 1.29 is 14.6 Å². The number of hydrogen-bond donors (Lipinski definition) is 4. The van der Waals surface area contributed by atoms with Gasteiger partial charge in [0.1, 0.15) is 5.75 Å². The number of phenolic OH excluding ortho intramolecular Hbond substituents is 1. The predicted molar refractivity (Wildman–Crippen MR) is 96.4 cm³/mol. The highest BCUT2D eigenvalue weighted by Crippen LogP contribution is 2.35. The number of anilines is 3. The van der Waals surface area contributed by atoms with Gasteiger partial charge >= 0.3 is 0 Å². The fourth-order valence-corrected chi connectivity index (χ4v) is 3.23. The van der Waals surface area contributed by atoms with E-state index in [0.29, 0.717) is 24.6 Å². The number of carbonyl (C=O) groups excluding carboxylic acids is 1. The van der Waals surface area contributed by atoms with Crippen LogP contribution in [0.15, 0.2) is 36.4 Å². The second-order valence-electron chi connectivity index (χ2n) is 6.48. The molecule has 1 atom stereocenters. The molecule has 6 nitrogen and oxygen atoms in total. The lowest BCUT2D eigenvalue weighted by Crippen LogP contribution is -2.29. The number of fused-ring (bicyclic) bond motifs is 2. The quantitative estimate of drug-likeness (QED) is 0.691. The lowest BCUT2D eigenvalue weighted by atomic mass is 10.1. The Morgan fingerprint density at radius 3 is 3.00 bits per heavy atom. The van der Waals surface area contributed by atoms with Crippen LogP contribution in [0.5, 0.6) is 5.75 Å². The van der Waals surface area contributed by atoms with Gasteiger partial charge in [-0.25, -0.2) is 0 Å². The molecule has 1 unspecified atom stereocenters. The number of ether oxygens (including phenoxy) is 1. The zero-order valence-corrected chi connectivity index (χ0v) is 13.8. The molecule has 0 bridgehead atoms. The lowest BCUT2D eigenvalue weighted by molar-refractivity contribution is 0.0945. The fraction of sp³-hybridized carbons (Fsp3) is 0.316. The van der Waals surface area contributed by atoms with Crippen molar-refractivity contribution in [1.29, 1.82) is 0 Å². The summed E-state index contributed by atoms with van der Waals surface area (Å²) in [6, 6.07) is 10.9. The normalized spacial score (nSPS) is 18.3. The van der Waals surface area contributed by atoms with Gasteiger partial charge in [0.05, 0.1) is 18.0 Å². The number of carbonyl (C=O) groups is 1. The van der Waals surface area contributed by atoms with Crippen molar-refractivity contribution in [3.8, 4) is 5.75 Å². The molecular formula is C19H21N3O3. The van der Waals surface area contributed by atoms with E-state index in [-0.39, 0.29) is 11.7 Å². The number of nitrogens with one attached hydrogen (secondary N) is 3. The monoisotopic (exact) mass is 339 g/mol. The van der Waals surface area contributed by atoms with Crippen LogP contribution in [0.1, 0.15) is 22.3 Å². The first kappa shape index (κ1) is 15.8. The Hall–Kier alpha value is -2.73. The molecule has 6 heteroatoms. The molecule has 0 aliphatic carbocycles. The topological polar surface area (TPSA) is 82.6 Å². The summed E-state index contributed by atoms with van der Waals surface area (Å²) in [7, 11) is 0. The van der Waals surface area contributed by atoms with E-state index in [0.717, 1.165) is 42.3 Å². The molecule has 2 aliphatic heterocycles. The van der Waals surface area contributed by atoms with E-state index in [1.54, 1.807) is 12.1 Å². The third kappa shape index (κ3) is 3.25. The summed E-state index contributed by atoms with van der Waals surface area (Å²) >= 11 is 0. The van der Waals surface area contributed by atoms with Gasteiger partial charge in [0.2, 0.25) is 0 Å². The van der Waals surface area contributed by atoms with Crippen molar-refractivity contribution in [2.24, 2.45) is 5.92 Å². The summed E-state index contributed by atoms with van der Waals surface area (Å²) in [5.41, 5.74) is 3.98. The highest BCUT2D eigenvalue weighted by molar-refractivity contribution is 5.97. The molecule has 0 radical (unpaired) electrons. The molecular weight excluding hydrogens is 318 g/mol. The minimum atomic E-state index is -0.0862. The summed E-state index contributed by atoms with van der Waals surface area (Å²) in [6.07, 6.45) is 0.996. The SMILES string of the molecule is O=C(NCC1CCOC1)c1ccc2c(c1)Nc1cccc(O)c1CN2. The van der Waals surface area contributed by atoms with Crippen LogP contribution < -0.4 is 16.0 Å². The van der Waals surface area contributed by atoms with Gasteiger partial charge in [0.15, 0.2) is 0 Å². The predicted octanol–water partition coefficient (Wildman–Crippen LogP) is 2.83. The van der Waals surface area contributed by atoms with Gasteiger partial charge in [-0.15, -0.1) is 0 Å². The van der Waals surface area contributed by atoms with Gasteiger partial charge in [-0.3, -0.25) is 4.79 Å². The van der Waals surface area contributed by atoms with Crippen molar-refractivity contribution in [3.63, 3.8) is 0 Å². The summed E-state index contributed by atoms with van der Waals surface area (Å²) in [5.74, 6) is 0.568. The fourth-order valence-electron chi connectivity index (χ4n) is 3.23. The molecule has 1 amide bonds. The second kappa shape index (κ2) is 6.64. The molecule has 0 spiro atoms. The lowest BCUT2D eigenvalue weighted by Gasteiger charge is -2.13. The standard InChI is InChI=1S/C19H21N3O3/c23-18-3-1-2-15-14(18)10-20-16-5-4-13(8-17(16)22-15)19(24)21-9-12-6-7-25-11-12/h1-5,8,12,20,22-23H,6-7,9-11H2,(H,21,24). The van der Waals surface area contributed by atoms with E-state index in [9.17, 15) is 9.90 Å². The highest BCUT2D eigenvalue weighted by Gasteiger charge is 2.19. The Morgan fingerprint density at radius 1 is 1.24 bits per heavy atom. The average molecular weight is 339 g/mol. The number of amides is 1. The zero-order valence-electron chi connectivity index (χ0n) is 13.8. The average Bonchev–Trinajstić information content (AvgIpc) is 3.06. The molecule has 0 saturated carbocycles. The Kier molecular flexibility index (Phi) is 4.19. The number of benzene rings is 2. The first-order valence-corrected chi connectivity index (χ1v) is 8.52. The molecule has 25 heavy (non-hydrogen) atoms. The molecule has 1 saturated heterocycles. The van der Waals surface area contributed by atoms with Crippen molar-refractivity contribution >= 4 is 23.0 Å². The molecule has 4 rings (SSSR count). The Labute approximate surface area is 146 Å². The Balaban J connectivity index is 1.52. The maximum atomic E-state index is 12.4. The van der Waals surface area contributed by atoms with E-state index in [1.807, 2.05) is 24.3 Å². The Morgan fingerprint density at radius 2 is 2.16 bits per heavy atom. The van der Waals surface area contributed by atoms with E-state index in [2.05, 4.69) is 16.0 Å².